The average Bonchev–Trinajstić information content (AvgIpc) is 2.50. The van der Waals surface area contributed by atoms with Crippen molar-refractivity contribution in [2.24, 2.45) is 0 Å². The van der Waals surface area contributed by atoms with Gasteiger partial charge in [-0.3, -0.25) is 0 Å². The van der Waals surface area contributed by atoms with Crippen molar-refractivity contribution in [3.8, 4) is 0 Å². The van der Waals surface area contributed by atoms with Gasteiger partial charge < -0.3 is 14.9 Å². The molecule has 0 aromatic heterocycles. The lowest BCUT2D eigenvalue weighted by molar-refractivity contribution is -0.181. The molecule has 68 valence electrons. The van der Waals surface area contributed by atoms with Crippen LogP contribution in [-0.4, -0.2) is 24.7 Å². The van der Waals surface area contributed by atoms with Crippen molar-refractivity contribution in [1.82, 2.24) is 0 Å². The van der Waals surface area contributed by atoms with Gasteiger partial charge >= 0.3 is 0 Å². The van der Waals surface area contributed by atoms with Gasteiger partial charge in [0.15, 0.2) is 5.79 Å². The molecule has 1 atom stereocenters. The highest BCUT2D eigenvalue weighted by molar-refractivity contribution is 5.59. The molecule has 2 rings (SSSR count). The van der Waals surface area contributed by atoms with Crippen molar-refractivity contribution in [2.75, 3.05) is 6.61 Å². The lowest BCUT2D eigenvalue weighted by Crippen LogP contribution is -2.33. The van der Waals surface area contributed by atoms with E-state index in [9.17, 15) is 0 Å². The van der Waals surface area contributed by atoms with E-state index in [-0.39, 0.29) is 11.9 Å². The van der Waals surface area contributed by atoms with Crippen LogP contribution in [0.1, 0.15) is 32.1 Å². The van der Waals surface area contributed by atoms with Gasteiger partial charge in [0.1, 0.15) is 6.10 Å². The Kier molecular flexibility index (Phi) is 2.15. The van der Waals surface area contributed by atoms with E-state index in [1.165, 1.54) is 25.5 Å². The van der Waals surface area contributed by atoms with E-state index in [0.29, 0.717) is 6.61 Å². The second-order valence-electron chi connectivity index (χ2n) is 3.61. The standard InChI is InChI=1S/C9H15NO2/c10-6-8-7-11-9(12-8)4-2-1-3-5-9/h6,8,10H,1-5,7H2. The minimum atomic E-state index is -0.305. The van der Waals surface area contributed by atoms with Gasteiger partial charge in [0.2, 0.25) is 0 Å². The molecule has 1 saturated carbocycles. The van der Waals surface area contributed by atoms with Crippen molar-refractivity contribution in [3.05, 3.63) is 0 Å². The Balaban J connectivity index is 1.98. The molecule has 1 aliphatic carbocycles. The Morgan fingerprint density at radius 2 is 2.00 bits per heavy atom. The zero-order valence-corrected chi connectivity index (χ0v) is 7.21. The van der Waals surface area contributed by atoms with Crippen LogP contribution in [0.4, 0.5) is 0 Å². The zero-order valence-electron chi connectivity index (χ0n) is 7.21. The second-order valence-corrected chi connectivity index (χ2v) is 3.61. The van der Waals surface area contributed by atoms with Crippen molar-refractivity contribution >= 4 is 6.21 Å². The molecule has 3 heteroatoms. The largest absolute Gasteiger partial charge is 0.347 e. The van der Waals surface area contributed by atoms with Gasteiger partial charge in [-0.2, -0.15) is 0 Å². The molecule has 1 unspecified atom stereocenters. The molecule has 2 fully saturated rings. The first-order valence-electron chi connectivity index (χ1n) is 4.67. The van der Waals surface area contributed by atoms with Gasteiger partial charge in [0.25, 0.3) is 0 Å². The maximum absolute atomic E-state index is 7.07. The van der Waals surface area contributed by atoms with E-state index >= 15 is 0 Å². The van der Waals surface area contributed by atoms with E-state index < -0.39 is 0 Å². The average molecular weight is 169 g/mol. The van der Waals surface area contributed by atoms with E-state index in [0.717, 1.165) is 12.8 Å². The molecule has 3 nitrogen and oxygen atoms in total. The first-order chi connectivity index (χ1) is 5.85. The first kappa shape index (κ1) is 8.20. The lowest BCUT2D eigenvalue weighted by Gasteiger charge is -2.31. The summed E-state index contributed by atoms with van der Waals surface area (Å²) in [6.07, 6.45) is 6.96. The molecule has 0 radical (unpaired) electrons. The van der Waals surface area contributed by atoms with Crippen molar-refractivity contribution in [1.29, 1.82) is 5.41 Å². The van der Waals surface area contributed by atoms with Gasteiger partial charge in [-0.25, -0.2) is 0 Å². The summed E-state index contributed by atoms with van der Waals surface area (Å²) >= 11 is 0. The lowest BCUT2D eigenvalue weighted by atomic mass is 9.94. The van der Waals surface area contributed by atoms with Gasteiger partial charge in [0, 0.05) is 19.1 Å². The molecule has 1 saturated heterocycles. The maximum Gasteiger partial charge on any atom is 0.169 e. The number of rotatable bonds is 1. The maximum atomic E-state index is 7.07. The molecule has 1 spiro atoms. The van der Waals surface area contributed by atoms with Crippen LogP contribution in [-0.2, 0) is 9.47 Å². The summed E-state index contributed by atoms with van der Waals surface area (Å²) in [6, 6.07) is 0. The fourth-order valence-electron chi connectivity index (χ4n) is 2.01. The summed E-state index contributed by atoms with van der Waals surface area (Å²) in [6.45, 7) is 0.573. The Labute approximate surface area is 72.6 Å². The SMILES string of the molecule is N=CC1COC2(CCCCC2)O1. The molecule has 0 bridgehead atoms. The molecule has 1 heterocycles. The van der Waals surface area contributed by atoms with Crippen molar-refractivity contribution in [2.45, 2.75) is 44.0 Å². The van der Waals surface area contributed by atoms with Gasteiger partial charge in [-0.1, -0.05) is 6.42 Å². The smallest absolute Gasteiger partial charge is 0.169 e. The topological polar surface area (TPSA) is 42.3 Å². The third-order valence-electron chi connectivity index (χ3n) is 2.68. The van der Waals surface area contributed by atoms with Crippen LogP contribution < -0.4 is 0 Å². The van der Waals surface area contributed by atoms with Crippen LogP contribution >= 0.6 is 0 Å². The van der Waals surface area contributed by atoms with E-state index in [2.05, 4.69) is 0 Å². The molecule has 0 amide bonds. The summed E-state index contributed by atoms with van der Waals surface area (Å²) in [5, 5.41) is 7.07. The number of nitrogens with one attached hydrogen (secondary N) is 1. The van der Waals surface area contributed by atoms with Crippen LogP contribution in [0.3, 0.4) is 0 Å². The van der Waals surface area contributed by atoms with Crippen LogP contribution in [0.2, 0.25) is 0 Å². The Hall–Kier alpha value is -0.410. The third-order valence-corrected chi connectivity index (χ3v) is 2.68. The van der Waals surface area contributed by atoms with Crippen LogP contribution in [0.15, 0.2) is 0 Å². The predicted octanol–water partition coefficient (Wildman–Crippen LogP) is 1.71. The highest BCUT2D eigenvalue weighted by Crippen LogP contribution is 2.37. The Morgan fingerprint density at radius 3 is 2.58 bits per heavy atom. The van der Waals surface area contributed by atoms with E-state index in [1.54, 1.807) is 0 Å². The molecule has 0 aromatic rings. The quantitative estimate of drug-likeness (QED) is 0.607. The molecule has 12 heavy (non-hydrogen) atoms. The van der Waals surface area contributed by atoms with Gasteiger partial charge in [-0.15, -0.1) is 0 Å². The second kappa shape index (κ2) is 3.15. The van der Waals surface area contributed by atoms with Gasteiger partial charge in [0.05, 0.1) is 6.61 Å². The number of hydrogen-bond donors (Lipinski definition) is 1. The summed E-state index contributed by atoms with van der Waals surface area (Å²) in [5.74, 6) is -0.305. The molecule has 1 aliphatic heterocycles. The predicted molar refractivity (Wildman–Crippen MR) is 45.4 cm³/mol. The Morgan fingerprint density at radius 1 is 1.25 bits per heavy atom. The zero-order chi connectivity index (χ0) is 8.44. The van der Waals surface area contributed by atoms with Crippen LogP contribution in [0, 0.1) is 5.41 Å². The number of ether oxygens (including phenoxy) is 2. The third kappa shape index (κ3) is 1.39. The van der Waals surface area contributed by atoms with Gasteiger partial charge in [-0.05, 0) is 12.8 Å². The monoisotopic (exact) mass is 169 g/mol. The fourth-order valence-corrected chi connectivity index (χ4v) is 2.01. The molecule has 2 aliphatic rings. The Bertz CT molecular complexity index is 175. The summed E-state index contributed by atoms with van der Waals surface area (Å²) < 4.78 is 11.3. The molecule has 1 N–H and O–H groups in total. The normalized spacial score (nSPS) is 33.8. The fraction of sp³-hybridized carbons (Fsp3) is 0.889. The van der Waals surface area contributed by atoms with E-state index in [4.69, 9.17) is 14.9 Å². The minimum Gasteiger partial charge on any atom is -0.347 e. The van der Waals surface area contributed by atoms with Crippen LogP contribution in [0.25, 0.3) is 0 Å². The van der Waals surface area contributed by atoms with Crippen molar-refractivity contribution < 1.29 is 9.47 Å². The van der Waals surface area contributed by atoms with Crippen molar-refractivity contribution in [3.63, 3.8) is 0 Å². The number of hydrogen-bond acceptors (Lipinski definition) is 3. The van der Waals surface area contributed by atoms with E-state index in [1.807, 2.05) is 0 Å². The summed E-state index contributed by atoms with van der Waals surface area (Å²) in [5.41, 5.74) is 0. The summed E-state index contributed by atoms with van der Waals surface area (Å²) in [7, 11) is 0. The van der Waals surface area contributed by atoms with Crippen LogP contribution in [0.5, 0.6) is 0 Å². The summed E-state index contributed by atoms with van der Waals surface area (Å²) in [4.78, 5) is 0. The molecular formula is C9H15NO2. The first-order valence-corrected chi connectivity index (χ1v) is 4.67. The highest BCUT2D eigenvalue weighted by atomic mass is 16.7. The highest BCUT2D eigenvalue weighted by Gasteiger charge is 2.41. The minimum absolute atomic E-state index is 0.0944. The molecular weight excluding hydrogens is 154 g/mol. The molecule has 0 aromatic carbocycles.